The Balaban J connectivity index is 1.74. The van der Waals surface area contributed by atoms with Crippen molar-refractivity contribution in [3.63, 3.8) is 0 Å². The predicted octanol–water partition coefficient (Wildman–Crippen LogP) is 2.12. The van der Waals surface area contributed by atoms with Crippen LogP contribution in [0.3, 0.4) is 0 Å². The molecule has 0 aliphatic carbocycles. The molecule has 1 saturated heterocycles. The van der Waals surface area contributed by atoms with Crippen LogP contribution in [0.1, 0.15) is 51.3 Å². The SMILES string of the molecule is CCCCCCCc1nc(N2CCCNCC2)n[nH]1. The Hall–Kier alpha value is -1.10. The third-order valence-corrected chi connectivity index (χ3v) is 3.66. The van der Waals surface area contributed by atoms with E-state index in [1.165, 1.54) is 38.5 Å². The summed E-state index contributed by atoms with van der Waals surface area (Å²) in [6.45, 7) is 6.44. The summed E-state index contributed by atoms with van der Waals surface area (Å²) in [6, 6.07) is 0. The molecule has 0 radical (unpaired) electrons. The van der Waals surface area contributed by atoms with Crippen LogP contribution in [0, 0.1) is 0 Å². The smallest absolute Gasteiger partial charge is 0.244 e. The Morgan fingerprint density at radius 3 is 2.89 bits per heavy atom. The number of anilines is 1. The van der Waals surface area contributed by atoms with Crippen LogP contribution in [0.4, 0.5) is 5.95 Å². The first-order chi connectivity index (χ1) is 9.40. The van der Waals surface area contributed by atoms with Crippen LogP contribution in [0.5, 0.6) is 0 Å². The van der Waals surface area contributed by atoms with Crippen molar-refractivity contribution in [2.75, 3.05) is 31.1 Å². The van der Waals surface area contributed by atoms with E-state index in [9.17, 15) is 0 Å². The molecule has 2 N–H and O–H groups in total. The second-order valence-electron chi connectivity index (χ2n) is 5.34. The highest BCUT2D eigenvalue weighted by atomic mass is 15.4. The third kappa shape index (κ3) is 4.82. The molecule has 0 amide bonds. The zero-order chi connectivity index (χ0) is 13.3. The Morgan fingerprint density at radius 2 is 2.00 bits per heavy atom. The summed E-state index contributed by atoms with van der Waals surface area (Å²) in [5, 5.41) is 10.8. The molecule has 0 atom stereocenters. The maximum Gasteiger partial charge on any atom is 0.244 e. The summed E-state index contributed by atoms with van der Waals surface area (Å²) in [4.78, 5) is 6.90. The van der Waals surface area contributed by atoms with Crippen molar-refractivity contribution in [1.29, 1.82) is 0 Å². The van der Waals surface area contributed by atoms with Gasteiger partial charge in [0.05, 0.1) is 0 Å². The van der Waals surface area contributed by atoms with Crippen LogP contribution in [-0.4, -0.2) is 41.4 Å². The lowest BCUT2D eigenvalue weighted by Crippen LogP contribution is -2.28. The fourth-order valence-electron chi connectivity index (χ4n) is 2.48. The molecular weight excluding hydrogens is 238 g/mol. The van der Waals surface area contributed by atoms with Crippen molar-refractivity contribution in [1.82, 2.24) is 20.5 Å². The normalized spacial score (nSPS) is 16.6. The first-order valence-corrected chi connectivity index (χ1v) is 7.77. The molecule has 0 bridgehead atoms. The lowest BCUT2D eigenvalue weighted by atomic mass is 10.1. The molecule has 1 aromatic rings. The van der Waals surface area contributed by atoms with E-state index in [4.69, 9.17) is 0 Å². The number of aromatic amines is 1. The van der Waals surface area contributed by atoms with E-state index in [-0.39, 0.29) is 0 Å². The van der Waals surface area contributed by atoms with Crippen LogP contribution < -0.4 is 10.2 Å². The lowest BCUT2D eigenvalue weighted by Gasteiger charge is -2.16. The Kier molecular flexibility index (Phi) is 6.14. The summed E-state index contributed by atoms with van der Waals surface area (Å²) in [5.74, 6) is 1.93. The molecule has 5 nitrogen and oxygen atoms in total. The second kappa shape index (κ2) is 8.15. The maximum atomic E-state index is 4.62. The van der Waals surface area contributed by atoms with Gasteiger partial charge in [0.25, 0.3) is 0 Å². The zero-order valence-electron chi connectivity index (χ0n) is 12.1. The maximum absolute atomic E-state index is 4.62. The summed E-state index contributed by atoms with van der Waals surface area (Å²) in [5.41, 5.74) is 0. The minimum Gasteiger partial charge on any atom is -0.338 e. The first-order valence-electron chi connectivity index (χ1n) is 7.77. The molecule has 2 heterocycles. The molecule has 19 heavy (non-hydrogen) atoms. The van der Waals surface area contributed by atoms with Gasteiger partial charge in [0.2, 0.25) is 5.95 Å². The van der Waals surface area contributed by atoms with E-state index in [2.05, 4.69) is 32.3 Å². The molecule has 1 aliphatic heterocycles. The molecule has 0 aromatic carbocycles. The number of nitrogens with zero attached hydrogens (tertiary/aromatic N) is 3. The molecule has 2 rings (SSSR count). The predicted molar refractivity (Wildman–Crippen MR) is 78.5 cm³/mol. The molecule has 0 saturated carbocycles. The Labute approximate surface area is 116 Å². The number of hydrogen-bond donors (Lipinski definition) is 2. The van der Waals surface area contributed by atoms with Crippen molar-refractivity contribution >= 4 is 5.95 Å². The van der Waals surface area contributed by atoms with E-state index >= 15 is 0 Å². The van der Waals surface area contributed by atoms with E-state index < -0.39 is 0 Å². The summed E-state index contributed by atoms with van der Waals surface area (Å²) in [6.07, 6.45) is 8.71. The highest BCUT2D eigenvalue weighted by Crippen LogP contribution is 2.11. The van der Waals surface area contributed by atoms with Crippen LogP contribution in [-0.2, 0) is 6.42 Å². The fraction of sp³-hybridized carbons (Fsp3) is 0.857. The van der Waals surface area contributed by atoms with Crippen molar-refractivity contribution in [2.45, 2.75) is 51.9 Å². The van der Waals surface area contributed by atoms with Gasteiger partial charge in [-0.1, -0.05) is 32.6 Å². The highest BCUT2D eigenvalue weighted by Gasteiger charge is 2.13. The standard InChI is InChI=1S/C14H27N5/c1-2-3-4-5-6-8-13-16-14(18-17-13)19-11-7-9-15-10-12-19/h15H,2-12H2,1H3,(H,16,17,18). The number of rotatable bonds is 7. The summed E-state index contributed by atoms with van der Waals surface area (Å²) < 4.78 is 0. The number of unbranched alkanes of at least 4 members (excludes halogenated alkanes) is 4. The van der Waals surface area contributed by atoms with Gasteiger partial charge in [0.15, 0.2) is 0 Å². The topological polar surface area (TPSA) is 56.8 Å². The second-order valence-corrected chi connectivity index (χ2v) is 5.34. The lowest BCUT2D eigenvalue weighted by molar-refractivity contribution is 0.623. The Bertz CT molecular complexity index is 341. The van der Waals surface area contributed by atoms with Crippen molar-refractivity contribution in [3.8, 4) is 0 Å². The molecule has 0 spiro atoms. The molecule has 108 valence electrons. The van der Waals surface area contributed by atoms with Crippen LogP contribution in [0.25, 0.3) is 0 Å². The fourth-order valence-corrected chi connectivity index (χ4v) is 2.48. The molecule has 1 aliphatic rings. The number of H-pyrrole nitrogens is 1. The van der Waals surface area contributed by atoms with Gasteiger partial charge in [0.1, 0.15) is 5.82 Å². The van der Waals surface area contributed by atoms with Crippen LogP contribution >= 0.6 is 0 Å². The molecular formula is C14H27N5. The average molecular weight is 265 g/mol. The number of nitrogens with one attached hydrogen (secondary N) is 2. The van der Waals surface area contributed by atoms with Crippen LogP contribution in [0.15, 0.2) is 0 Å². The van der Waals surface area contributed by atoms with Gasteiger partial charge in [-0.3, -0.25) is 5.10 Å². The van der Waals surface area contributed by atoms with Crippen molar-refractivity contribution in [2.24, 2.45) is 0 Å². The van der Waals surface area contributed by atoms with E-state index in [0.717, 1.165) is 44.4 Å². The number of hydrogen-bond acceptors (Lipinski definition) is 4. The van der Waals surface area contributed by atoms with Gasteiger partial charge < -0.3 is 10.2 Å². The Morgan fingerprint density at radius 1 is 1.11 bits per heavy atom. The van der Waals surface area contributed by atoms with Crippen molar-refractivity contribution < 1.29 is 0 Å². The highest BCUT2D eigenvalue weighted by molar-refractivity contribution is 5.28. The van der Waals surface area contributed by atoms with E-state index in [1.807, 2.05) is 0 Å². The number of aryl methyl sites for hydroxylation is 1. The molecule has 1 fully saturated rings. The monoisotopic (exact) mass is 265 g/mol. The minimum absolute atomic E-state index is 0.882. The van der Waals surface area contributed by atoms with Gasteiger partial charge in [-0.05, 0) is 19.4 Å². The first kappa shape index (κ1) is 14.3. The van der Waals surface area contributed by atoms with Gasteiger partial charge >= 0.3 is 0 Å². The summed E-state index contributed by atoms with van der Waals surface area (Å²) in [7, 11) is 0. The van der Waals surface area contributed by atoms with Gasteiger partial charge in [-0.25, -0.2) is 0 Å². The van der Waals surface area contributed by atoms with Crippen LogP contribution in [0.2, 0.25) is 0 Å². The molecule has 0 unspecified atom stereocenters. The zero-order valence-corrected chi connectivity index (χ0v) is 12.1. The van der Waals surface area contributed by atoms with Gasteiger partial charge in [-0.2, -0.15) is 4.98 Å². The van der Waals surface area contributed by atoms with Gasteiger partial charge in [0, 0.05) is 26.1 Å². The average Bonchev–Trinajstić information content (AvgIpc) is 2.72. The van der Waals surface area contributed by atoms with Gasteiger partial charge in [-0.15, -0.1) is 5.10 Å². The van der Waals surface area contributed by atoms with Crippen molar-refractivity contribution in [3.05, 3.63) is 5.82 Å². The largest absolute Gasteiger partial charge is 0.338 e. The number of aromatic nitrogens is 3. The van der Waals surface area contributed by atoms with E-state index in [0.29, 0.717) is 0 Å². The third-order valence-electron chi connectivity index (χ3n) is 3.66. The summed E-state index contributed by atoms with van der Waals surface area (Å²) >= 11 is 0. The molecule has 1 aromatic heterocycles. The quantitative estimate of drug-likeness (QED) is 0.741. The van der Waals surface area contributed by atoms with E-state index in [1.54, 1.807) is 0 Å². The molecule has 5 heteroatoms. The minimum atomic E-state index is 0.882.